The molecular weight excluding hydrogens is 220 g/mol. The number of nitro groups is 1. The first-order valence-electron chi connectivity index (χ1n) is 3.88. The minimum Gasteiger partial charge on any atom is -0.400 e. The van der Waals surface area contributed by atoms with Crippen LogP contribution in [0.15, 0.2) is 21.5 Å². The molecule has 0 saturated carbocycles. The molecule has 16 heavy (non-hydrogen) atoms. The number of rotatable bonds is 2. The third-order valence-corrected chi connectivity index (χ3v) is 1.43. The average Bonchev–Trinajstić information content (AvgIpc) is 2.73. The molecule has 0 aliphatic heterocycles. The number of hydrogen-bond donors (Lipinski definition) is 2. The summed E-state index contributed by atoms with van der Waals surface area (Å²) in [5.41, 5.74) is 1.58. The molecule has 1 aromatic heterocycles. The first-order chi connectivity index (χ1) is 7.54. The van der Waals surface area contributed by atoms with E-state index in [2.05, 4.69) is 15.3 Å². The number of nitrogens with two attached hydrogens (primary N) is 1. The van der Waals surface area contributed by atoms with Crippen LogP contribution in [0.4, 0.5) is 5.88 Å². The van der Waals surface area contributed by atoms with Gasteiger partial charge in [0.05, 0.1) is 12.3 Å². The molecule has 0 aliphatic rings. The summed E-state index contributed by atoms with van der Waals surface area (Å²) in [5.74, 6) is 1.93. The molecule has 84 valence electrons. The Bertz CT molecular complexity index is 463. The number of nitrogens with zero attached hydrogens (tertiary/aromatic N) is 2. The molecule has 3 N–H and O–H groups in total. The van der Waals surface area contributed by atoms with Gasteiger partial charge in [-0.25, -0.2) is 10.8 Å². The highest BCUT2D eigenvalue weighted by Gasteiger charge is 2.12. The molecule has 0 fully saturated rings. The number of carbonyl (C=O) groups excluding carboxylic acids is 2. The van der Waals surface area contributed by atoms with Gasteiger partial charge in [-0.1, -0.05) is 0 Å². The SMILES string of the molecule is NNC(=O)C(=O)N=Cc1ccc([N+](=O)[O-])o1. The van der Waals surface area contributed by atoms with Crippen molar-refractivity contribution in [1.29, 1.82) is 0 Å². The molecule has 0 radical (unpaired) electrons. The smallest absolute Gasteiger partial charge is 0.400 e. The summed E-state index contributed by atoms with van der Waals surface area (Å²) < 4.78 is 4.65. The van der Waals surface area contributed by atoms with Gasteiger partial charge < -0.3 is 4.42 Å². The third-order valence-electron chi connectivity index (χ3n) is 1.43. The van der Waals surface area contributed by atoms with Crippen LogP contribution in [-0.4, -0.2) is 23.0 Å². The second-order valence-corrected chi connectivity index (χ2v) is 2.47. The van der Waals surface area contributed by atoms with Gasteiger partial charge in [0.25, 0.3) is 0 Å². The average molecular weight is 226 g/mol. The molecular formula is C7H6N4O5. The largest absolute Gasteiger partial charge is 0.433 e. The van der Waals surface area contributed by atoms with E-state index in [1.807, 2.05) is 0 Å². The Morgan fingerprint density at radius 3 is 2.75 bits per heavy atom. The van der Waals surface area contributed by atoms with Crippen molar-refractivity contribution in [2.45, 2.75) is 0 Å². The number of nitrogens with one attached hydrogen (secondary N) is 1. The molecule has 2 amide bonds. The second kappa shape index (κ2) is 4.79. The fourth-order valence-electron chi connectivity index (χ4n) is 0.752. The zero-order valence-corrected chi connectivity index (χ0v) is 7.75. The zero-order chi connectivity index (χ0) is 12.1. The fraction of sp³-hybridized carbons (Fsp3) is 0. The zero-order valence-electron chi connectivity index (χ0n) is 7.75. The van der Waals surface area contributed by atoms with Gasteiger partial charge in [-0.15, -0.1) is 0 Å². The molecule has 0 saturated heterocycles. The summed E-state index contributed by atoms with van der Waals surface area (Å²) in [5, 5.41) is 10.2. The van der Waals surface area contributed by atoms with Crippen LogP contribution >= 0.6 is 0 Å². The summed E-state index contributed by atoms with van der Waals surface area (Å²) in [6.07, 6.45) is 0.880. The van der Waals surface area contributed by atoms with E-state index in [1.165, 1.54) is 6.07 Å². The van der Waals surface area contributed by atoms with E-state index in [0.29, 0.717) is 0 Å². The lowest BCUT2D eigenvalue weighted by Gasteiger charge is -1.90. The molecule has 9 nitrogen and oxygen atoms in total. The standard InChI is InChI=1S/C7H6N4O5/c8-10-7(13)6(12)9-3-4-1-2-5(16-4)11(14)15/h1-3H,8H2,(H,10,13). The molecule has 0 bridgehead atoms. The van der Waals surface area contributed by atoms with Crippen LogP contribution in [-0.2, 0) is 9.59 Å². The van der Waals surface area contributed by atoms with E-state index in [-0.39, 0.29) is 5.76 Å². The highest BCUT2D eigenvalue weighted by atomic mass is 16.6. The van der Waals surface area contributed by atoms with Crippen molar-refractivity contribution < 1.29 is 18.9 Å². The molecule has 0 aliphatic carbocycles. The summed E-state index contributed by atoms with van der Waals surface area (Å²) >= 11 is 0. The molecule has 1 rings (SSSR count). The predicted octanol–water partition coefficient (Wildman–Crippen LogP) is -0.877. The molecule has 1 heterocycles. The van der Waals surface area contributed by atoms with Crippen molar-refractivity contribution in [3.8, 4) is 0 Å². The van der Waals surface area contributed by atoms with E-state index in [4.69, 9.17) is 0 Å². The highest BCUT2D eigenvalue weighted by Crippen LogP contribution is 2.13. The maximum atomic E-state index is 10.8. The number of hydrazine groups is 1. The molecule has 0 aromatic carbocycles. The van der Waals surface area contributed by atoms with Gasteiger partial charge in [0.2, 0.25) is 0 Å². The van der Waals surface area contributed by atoms with Crippen molar-refractivity contribution in [3.63, 3.8) is 0 Å². The molecule has 0 unspecified atom stereocenters. The van der Waals surface area contributed by atoms with Crippen LogP contribution in [0.25, 0.3) is 0 Å². The minimum atomic E-state index is -1.14. The van der Waals surface area contributed by atoms with Gasteiger partial charge in [0, 0.05) is 0 Å². The summed E-state index contributed by atoms with van der Waals surface area (Å²) in [7, 11) is 0. The Morgan fingerprint density at radius 1 is 1.56 bits per heavy atom. The van der Waals surface area contributed by atoms with Crippen LogP contribution in [0.1, 0.15) is 5.76 Å². The van der Waals surface area contributed by atoms with Crippen LogP contribution < -0.4 is 11.3 Å². The number of amides is 2. The normalized spacial score (nSPS) is 10.3. The van der Waals surface area contributed by atoms with Crippen LogP contribution in [0.3, 0.4) is 0 Å². The Balaban J connectivity index is 2.73. The molecule has 0 spiro atoms. The summed E-state index contributed by atoms with van der Waals surface area (Å²) in [6.45, 7) is 0. The van der Waals surface area contributed by atoms with Crippen molar-refractivity contribution in [2.75, 3.05) is 0 Å². The number of carbonyl (C=O) groups is 2. The van der Waals surface area contributed by atoms with E-state index in [9.17, 15) is 19.7 Å². The molecule has 9 heteroatoms. The van der Waals surface area contributed by atoms with Gasteiger partial charge in [-0.3, -0.25) is 25.1 Å². The van der Waals surface area contributed by atoms with E-state index in [0.717, 1.165) is 12.3 Å². The Kier molecular flexibility index (Phi) is 3.45. The van der Waals surface area contributed by atoms with Crippen molar-refractivity contribution in [3.05, 3.63) is 28.0 Å². The molecule has 1 aromatic rings. The van der Waals surface area contributed by atoms with E-state index < -0.39 is 22.6 Å². The number of hydrogen-bond acceptors (Lipinski definition) is 6. The van der Waals surface area contributed by atoms with Gasteiger partial charge in [0.15, 0.2) is 5.76 Å². The van der Waals surface area contributed by atoms with Gasteiger partial charge in [-0.05, 0) is 6.07 Å². The monoisotopic (exact) mass is 226 g/mol. The lowest BCUT2D eigenvalue weighted by Crippen LogP contribution is -2.35. The number of aliphatic imine (C=N–C) groups is 1. The van der Waals surface area contributed by atoms with Crippen LogP contribution in [0, 0.1) is 10.1 Å². The van der Waals surface area contributed by atoms with Gasteiger partial charge in [0.1, 0.15) is 4.92 Å². The number of furan rings is 1. The maximum Gasteiger partial charge on any atom is 0.433 e. The van der Waals surface area contributed by atoms with E-state index in [1.54, 1.807) is 5.43 Å². The molecule has 0 atom stereocenters. The van der Waals surface area contributed by atoms with Crippen LogP contribution in [0.2, 0.25) is 0 Å². The van der Waals surface area contributed by atoms with Crippen molar-refractivity contribution in [1.82, 2.24) is 5.43 Å². The van der Waals surface area contributed by atoms with Crippen molar-refractivity contribution >= 4 is 23.9 Å². The Hall–Kier alpha value is -2.55. The van der Waals surface area contributed by atoms with Crippen LogP contribution in [0.5, 0.6) is 0 Å². The third kappa shape index (κ3) is 2.72. The maximum absolute atomic E-state index is 10.8. The lowest BCUT2D eigenvalue weighted by molar-refractivity contribution is -0.402. The van der Waals surface area contributed by atoms with E-state index >= 15 is 0 Å². The van der Waals surface area contributed by atoms with Gasteiger partial charge in [-0.2, -0.15) is 0 Å². The predicted molar refractivity (Wildman–Crippen MR) is 50.3 cm³/mol. The Morgan fingerprint density at radius 2 is 2.25 bits per heavy atom. The fourth-order valence-corrected chi connectivity index (χ4v) is 0.752. The first-order valence-corrected chi connectivity index (χ1v) is 3.88. The minimum absolute atomic E-state index is 0.0233. The summed E-state index contributed by atoms with van der Waals surface area (Å²) in [4.78, 5) is 34.1. The Labute approximate surface area is 88.1 Å². The lowest BCUT2D eigenvalue weighted by atomic mass is 10.5. The quantitative estimate of drug-likeness (QED) is 0.167. The first kappa shape index (κ1) is 11.5. The second-order valence-electron chi connectivity index (χ2n) is 2.47. The topological polar surface area (TPSA) is 141 Å². The summed E-state index contributed by atoms with van der Waals surface area (Å²) in [6, 6.07) is 2.32. The highest BCUT2D eigenvalue weighted by molar-refractivity contribution is 6.36. The van der Waals surface area contributed by atoms with Gasteiger partial charge >= 0.3 is 17.7 Å². The van der Waals surface area contributed by atoms with Crippen molar-refractivity contribution in [2.24, 2.45) is 10.8 Å².